The summed E-state index contributed by atoms with van der Waals surface area (Å²) in [6.07, 6.45) is 0.493. The van der Waals surface area contributed by atoms with Crippen molar-refractivity contribution in [3.05, 3.63) is 28.8 Å². The molecule has 112 valence electrons. The van der Waals surface area contributed by atoms with E-state index in [1.807, 2.05) is 0 Å². The summed E-state index contributed by atoms with van der Waals surface area (Å²) in [5.74, 6) is 0. The fourth-order valence-corrected chi connectivity index (χ4v) is 2.79. The molecule has 0 fully saturated rings. The minimum absolute atomic E-state index is 0.0924. The Morgan fingerprint density at radius 2 is 2.10 bits per heavy atom. The van der Waals surface area contributed by atoms with Gasteiger partial charge >= 0.3 is 6.09 Å². The molecule has 0 unspecified atom stereocenters. The van der Waals surface area contributed by atoms with E-state index in [0.29, 0.717) is 10.7 Å². The van der Waals surface area contributed by atoms with Gasteiger partial charge in [0, 0.05) is 11.6 Å². The maximum atomic E-state index is 11.9. The molecule has 0 bridgehead atoms. The van der Waals surface area contributed by atoms with Crippen molar-refractivity contribution in [2.24, 2.45) is 0 Å². The molecule has 0 saturated heterocycles. The second-order valence-electron chi connectivity index (χ2n) is 4.18. The number of carbonyl (C=O) groups is 1. The van der Waals surface area contributed by atoms with Gasteiger partial charge in [0.1, 0.15) is 0 Å². The molecule has 0 saturated carbocycles. The maximum Gasteiger partial charge on any atom is 0.406 e. The first kappa shape index (κ1) is 16.6. The molecule has 0 aromatic heterocycles. The van der Waals surface area contributed by atoms with Crippen molar-refractivity contribution in [2.75, 3.05) is 30.8 Å². The number of methoxy groups -OCH3 is 1. The number of hydrogen-bond donors (Lipinski definition) is 1. The topological polar surface area (TPSA) is 75.7 Å². The quantitative estimate of drug-likeness (QED) is 0.897. The third-order valence-corrected chi connectivity index (χ3v) is 4.02. The number of anilines is 1. The largest absolute Gasteiger partial charge is 0.453 e. The molecule has 1 amide bonds. The average molecular weight is 321 g/mol. The number of nitrogens with one attached hydrogen (secondary N) is 1. The lowest BCUT2D eigenvalue weighted by atomic mass is 10.2. The Labute approximate surface area is 123 Å². The first-order valence-electron chi connectivity index (χ1n) is 5.81. The minimum atomic E-state index is -3.48. The van der Waals surface area contributed by atoms with Crippen molar-refractivity contribution in [3.63, 3.8) is 0 Å². The van der Waals surface area contributed by atoms with E-state index >= 15 is 0 Å². The maximum absolute atomic E-state index is 11.9. The van der Waals surface area contributed by atoms with Crippen LogP contribution in [0.4, 0.5) is 10.5 Å². The van der Waals surface area contributed by atoms with Crippen LogP contribution in [0.2, 0.25) is 5.02 Å². The van der Waals surface area contributed by atoms with Crippen LogP contribution in [0.3, 0.4) is 0 Å². The predicted molar refractivity (Wildman–Crippen MR) is 78.8 cm³/mol. The summed E-state index contributed by atoms with van der Waals surface area (Å²) < 4.78 is 29.4. The Morgan fingerprint density at radius 1 is 1.45 bits per heavy atom. The summed E-state index contributed by atoms with van der Waals surface area (Å²) in [6.45, 7) is 2.01. The van der Waals surface area contributed by atoms with Gasteiger partial charge < -0.3 is 10.1 Å². The molecule has 1 aromatic rings. The number of ether oxygens (including phenoxy) is 1. The lowest BCUT2D eigenvalue weighted by Crippen LogP contribution is -2.38. The van der Waals surface area contributed by atoms with Crippen LogP contribution in [0.25, 0.3) is 0 Å². The van der Waals surface area contributed by atoms with Crippen molar-refractivity contribution >= 4 is 33.4 Å². The lowest BCUT2D eigenvalue weighted by Gasteiger charge is -2.24. The minimum Gasteiger partial charge on any atom is -0.453 e. The Morgan fingerprint density at radius 3 is 2.65 bits per heavy atom. The molecule has 0 aliphatic heterocycles. The van der Waals surface area contributed by atoms with E-state index in [0.717, 1.165) is 11.8 Å². The van der Waals surface area contributed by atoms with Crippen LogP contribution in [0, 0.1) is 6.92 Å². The third-order valence-electron chi connectivity index (χ3n) is 2.61. The molecule has 8 heteroatoms. The smallest absolute Gasteiger partial charge is 0.406 e. The highest BCUT2D eigenvalue weighted by molar-refractivity contribution is 7.92. The molecule has 0 aliphatic carbocycles. The molecular formula is C12H17ClN2O4S. The molecule has 0 atom stereocenters. The van der Waals surface area contributed by atoms with Crippen molar-refractivity contribution < 1.29 is 17.9 Å². The number of aryl methyl sites for hydroxylation is 1. The fourth-order valence-electron chi connectivity index (χ4n) is 1.65. The molecule has 0 aliphatic rings. The Hall–Kier alpha value is -1.47. The predicted octanol–water partition coefficient (Wildman–Crippen LogP) is 1.77. The van der Waals surface area contributed by atoms with Crippen molar-refractivity contribution in [1.82, 2.24) is 5.32 Å². The summed E-state index contributed by atoms with van der Waals surface area (Å²) in [6, 6.07) is 5.01. The van der Waals surface area contributed by atoms with Crippen LogP contribution in [-0.4, -0.2) is 41.0 Å². The van der Waals surface area contributed by atoms with Gasteiger partial charge in [0.15, 0.2) is 0 Å². The zero-order valence-electron chi connectivity index (χ0n) is 11.5. The van der Waals surface area contributed by atoms with Crippen LogP contribution in [0.1, 0.15) is 5.56 Å². The first-order chi connectivity index (χ1) is 9.25. The summed E-state index contributed by atoms with van der Waals surface area (Å²) in [5, 5.41) is 2.88. The van der Waals surface area contributed by atoms with E-state index in [-0.39, 0.29) is 13.1 Å². The highest BCUT2D eigenvalue weighted by atomic mass is 35.5. The van der Waals surface area contributed by atoms with Crippen molar-refractivity contribution in [2.45, 2.75) is 6.92 Å². The van der Waals surface area contributed by atoms with Gasteiger partial charge in [-0.3, -0.25) is 4.31 Å². The summed E-state index contributed by atoms with van der Waals surface area (Å²) in [5.41, 5.74) is 1.27. The standard InChI is InChI=1S/C12H17ClN2O4S/c1-9-4-5-10(13)8-11(9)15(20(3,17)18)7-6-14-12(16)19-2/h4-5,8H,6-7H2,1-3H3,(H,14,16). The molecule has 0 spiro atoms. The van der Waals surface area contributed by atoms with Gasteiger partial charge in [-0.1, -0.05) is 17.7 Å². The van der Waals surface area contributed by atoms with E-state index in [1.54, 1.807) is 25.1 Å². The SMILES string of the molecule is COC(=O)NCCN(c1cc(Cl)ccc1C)S(C)(=O)=O. The molecular weight excluding hydrogens is 304 g/mol. The Bertz CT molecular complexity index is 589. The molecule has 1 aromatic carbocycles. The summed E-state index contributed by atoms with van der Waals surface area (Å²) >= 11 is 5.91. The molecule has 20 heavy (non-hydrogen) atoms. The zero-order valence-corrected chi connectivity index (χ0v) is 13.1. The fraction of sp³-hybridized carbons (Fsp3) is 0.417. The van der Waals surface area contributed by atoms with Crippen LogP contribution in [0.5, 0.6) is 0 Å². The number of hydrogen-bond acceptors (Lipinski definition) is 4. The van der Waals surface area contributed by atoms with Gasteiger partial charge in [0.05, 0.1) is 25.6 Å². The van der Waals surface area contributed by atoms with E-state index in [1.165, 1.54) is 11.4 Å². The van der Waals surface area contributed by atoms with Gasteiger partial charge in [0.2, 0.25) is 10.0 Å². The third kappa shape index (κ3) is 4.57. The van der Waals surface area contributed by atoms with Crippen LogP contribution < -0.4 is 9.62 Å². The zero-order chi connectivity index (χ0) is 15.3. The van der Waals surface area contributed by atoms with Gasteiger partial charge in [0.25, 0.3) is 0 Å². The number of alkyl carbamates (subject to hydrolysis) is 1. The normalized spacial score (nSPS) is 11.0. The van der Waals surface area contributed by atoms with Gasteiger partial charge in [-0.2, -0.15) is 0 Å². The highest BCUT2D eigenvalue weighted by Crippen LogP contribution is 2.25. The van der Waals surface area contributed by atoms with Crippen molar-refractivity contribution in [3.8, 4) is 0 Å². The first-order valence-corrected chi connectivity index (χ1v) is 8.04. The second kappa shape index (κ2) is 6.81. The van der Waals surface area contributed by atoms with E-state index in [9.17, 15) is 13.2 Å². The van der Waals surface area contributed by atoms with Gasteiger partial charge in [-0.05, 0) is 24.6 Å². The monoisotopic (exact) mass is 320 g/mol. The number of amides is 1. The van der Waals surface area contributed by atoms with E-state index in [4.69, 9.17) is 11.6 Å². The average Bonchev–Trinajstić information content (AvgIpc) is 2.36. The van der Waals surface area contributed by atoms with Crippen LogP contribution in [-0.2, 0) is 14.8 Å². The second-order valence-corrected chi connectivity index (χ2v) is 6.53. The Balaban J connectivity index is 2.96. The summed E-state index contributed by atoms with van der Waals surface area (Å²) in [4.78, 5) is 11.0. The molecule has 6 nitrogen and oxygen atoms in total. The highest BCUT2D eigenvalue weighted by Gasteiger charge is 2.19. The number of carbonyl (C=O) groups excluding carboxylic acids is 1. The van der Waals surface area contributed by atoms with Gasteiger partial charge in [-0.15, -0.1) is 0 Å². The van der Waals surface area contributed by atoms with E-state index < -0.39 is 16.1 Å². The summed E-state index contributed by atoms with van der Waals surface area (Å²) in [7, 11) is -2.24. The van der Waals surface area contributed by atoms with Gasteiger partial charge in [-0.25, -0.2) is 13.2 Å². The molecule has 0 radical (unpaired) electrons. The lowest BCUT2D eigenvalue weighted by molar-refractivity contribution is 0.171. The van der Waals surface area contributed by atoms with Crippen LogP contribution >= 0.6 is 11.6 Å². The number of benzene rings is 1. The molecule has 0 heterocycles. The van der Waals surface area contributed by atoms with E-state index in [2.05, 4.69) is 10.1 Å². The number of nitrogens with zero attached hydrogens (tertiary/aromatic N) is 1. The number of halogens is 1. The number of rotatable bonds is 5. The molecule has 1 rings (SSSR count). The molecule has 1 N–H and O–H groups in total. The number of sulfonamides is 1. The van der Waals surface area contributed by atoms with Crippen LogP contribution in [0.15, 0.2) is 18.2 Å². The van der Waals surface area contributed by atoms with Crippen molar-refractivity contribution in [1.29, 1.82) is 0 Å². The Kier molecular flexibility index (Phi) is 5.64.